The molecule has 2 amide bonds. The average Bonchev–Trinajstić information content (AvgIpc) is 2.74. The van der Waals surface area contributed by atoms with Crippen LogP contribution >= 0.6 is 0 Å². The highest BCUT2D eigenvalue weighted by molar-refractivity contribution is 5.95. The van der Waals surface area contributed by atoms with Crippen LogP contribution in [0.25, 0.3) is 0 Å². The highest BCUT2D eigenvalue weighted by Crippen LogP contribution is 2.22. The molecule has 0 spiro atoms. The first kappa shape index (κ1) is 20.9. The minimum atomic E-state index is -0.0625. The predicted octanol–water partition coefficient (Wildman–Crippen LogP) is 2.84. The van der Waals surface area contributed by atoms with E-state index < -0.39 is 0 Å². The Kier molecular flexibility index (Phi) is 6.88. The maximum absolute atomic E-state index is 12.6. The lowest BCUT2D eigenvalue weighted by Crippen LogP contribution is -2.44. The van der Waals surface area contributed by atoms with E-state index in [-0.39, 0.29) is 18.2 Å². The molecule has 1 aliphatic rings. The predicted molar refractivity (Wildman–Crippen MR) is 119 cm³/mol. The van der Waals surface area contributed by atoms with E-state index in [1.54, 1.807) is 23.8 Å². The van der Waals surface area contributed by atoms with Gasteiger partial charge in [0.25, 0.3) is 0 Å². The molecule has 154 valence electrons. The van der Waals surface area contributed by atoms with Crippen LogP contribution in [0.5, 0.6) is 0 Å². The number of hydrogen-bond acceptors (Lipinski definition) is 4. The second-order valence-electron chi connectivity index (χ2n) is 7.52. The first-order valence-electron chi connectivity index (χ1n) is 10.1. The molecule has 3 rings (SSSR count). The Hall–Kier alpha value is -2.86. The molecule has 0 N–H and O–H groups in total. The highest BCUT2D eigenvalue weighted by Gasteiger charge is 2.18. The van der Waals surface area contributed by atoms with Gasteiger partial charge in [0.05, 0.1) is 0 Å². The second kappa shape index (κ2) is 9.56. The molecule has 1 heterocycles. The number of anilines is 3. The van der Waals surface area contributed by atoms with Gasteiger partial charge in [-0.2, -0.15) is 0 Å². The van der Waals surface area contributed by atoms with Crippen molar-refractivity contribution in [1.82, 2.24) is 4.90 Å². The zero-order valence-electron chi connectivity index (χ0n) is 17.5. The van der Waals surface area contributed by atoms with E-state index in [2.05, 4.69) is 29.0 Å². The molecule has 0 aromatic heterocycles. The van der Waals surface area contributed by atoms with Gasteiger partial charge in [-0.15, -0.1) is 0 Å². The Balaban J connectivity index is 1.62. The van der Waals surface area contributed by atoms with Gasteiger partial charge in [-0.3, -0.25) is 9.59 Å². The van der Waals surface area contributed by atoms with Crippen LogP contribution in [-0.4, -0.2) is 63.5 Å². The van der Waals surface area contributed by atoms with Crippen molar-refractivity contribution in [3.8, 4) is 0 Å². The van der Waals surface area contributed by atoms with Crippen molar-refractivity contribution in [3.05, 3.63) is 54.6 Å². The molecule has 0 atom stereocenters. The lowest BCUT2D eigenvalue weighted by molar-refractivity contribution is -0.118. The average molecular weight is 395 g/mol. The molecule has 1 aliphatic heterocycles. The first-order valence-corrected chi connectivity index (χ1v) is 10.1. The molecule has 0 aliphatic carbocycles. The van der Waals surface area contributed by atoms with Gasteiger partial charge in [0.15, 0.2) is 0 Å². The third-order valence-corrected chi connectivity index (χ3v) is 5.48. The fraction of sp³-hybridized carbons (Fsp3) is 0.391. The summed E-state index contributed by atoms with van der Waals surface area (Å²) in [5.41, 5.74) is 2.85. The van der Waals surface area contributed by atoms with Gasteiger partial charge in [0.2, 0.25) is 11.8 Å². The lowest BCUT2D eigenvalue weighted by Gasteiger charge is -2.34. The van der Waals surface area contributed by atoms with Gasteiger partial charge in [0.1, 0.15) is 0 Å². The summed E-state index contributed by atoms with van der Waals surface area (Å²) in [5, 5.41) is 0. The number of amides is 2. The fourth-order valence-electron chi connectivity index (χ4n) is 3.55. The maximum atomic E-state index is 12.6. The first-order chi connectivity index (χ1) is 14.0. The van der Waals surface area contributed by atoms with Crippen LogP contribution in [-0.2, 0) is 9.59 Å². The van der Waals surface area contributed by atoms with Crippen molar-refractivity contribution in [2.24, 2.45) is 0 Å². The molecule has 0 radical (unpaired) electrons. The minimum absolute atomic E-state index is 0.0171. The van der Waals surface area contributed by atoms with Gasteiger partial charge < -0.3 is 19.6 Å². The summed E-state index contributed by atoms with van der Waals surface area (Å²) in [6, 6.07) is 17.6. The largest absolute Gasteiger partial charge is 0.369 e. The van der Waals surface area contributed by atoms with Crippen LogP contribution in [0.3, 0.4) is 0 Å². The molecule has 2 aromatic rings. The molecule has 1 saturated heterocycles. The van der Waals surface area contributed by atoms with Gasteiger partial charge in [-0.1, -0.05) is 18.2 Å². The Morgan fingerprint density at radius 2 is 1.52 bits per heavy atom. The van der Waals surface area contributed by atoms with Gasteiger partial charge in [-0.05, 0) is 43.4 Å². The number of carbonyl (C=O) groups is 2. The summed E-state index contributed by atoms with van der Waals surface area (Å²) in [7, 11) is 3.91. The van der Waals surface area contributed by atoms with Crippen molar-refractivity contribution in [3.63, 3.8) is 0 Å². The third-order valence-electron chi connectivity index (χ3n) is 5.48. The van der Waals surface area contributed by atoms with Crippen molar-refractivity contribution in [1.29, 1.82) is 0 Å². The number of carbonyl (C=O) groups excluding carboxylic acids is 2. The molecule has 2 aromatic carbocycles. The molecular formula is C23H30N4O2. The van der Waals surface area contributed by atoms with Crippen LogP contribution in [0.4, 0.5) is 17.1 Å². The molecule has 0 unspecified atom stereocenters. The quantitative estimate of drug-likeness (QED) is 0.756. The Morgan fingerprint density at radius 1 is 0.897 bits per heavy atom. The standard InChI is InChI=1S/C23H30N4O2/c1-19(28)27(14-13-23(29)25(3)20-7-5-4-6-8-20)22-11-9-21(10-12-22)26-17-15-24(2)16-18-26/h4-12H,13-18H2,1-3H3. The van der Waals surface area contributed by atoms with Crippen LogP contribution in [0, 0.1) is 0 Å². The molecular weight excluding hydrogens is 364 g/mol. The normalized spacial score (nSPS) is 14.5. The Labute approximate surface area is 173 Å². The van der Waals surface area contributed by atoms with Gasteiger partial charge >= 0.3 is 0 Å². The van der Waals surface area contributed by atoms with E-state index >= 15 is 0 Å². The van der Waals surface area contributed by atoms with E-state index in [1.165, 1.54) is 5.69 Å². The topological polar surface area (TPSA) is 47.1 Å². The van der Waals surface area contributed by atoms with Gasteiger partial charge in [0, 0.05) is 70.2 Å². The van der Waals surface area contributed by atoms with E-state index in [0.717, 1.165) is 37.6 Å². The number of hydrogen-bond donors (Lipinski definition) is 0. The van der Waals surface area contributed by atoms with Crippen LogP contribution in [0.15, 0.2) is 54.6 Å². The number of piperazine rings is 1. The summed E-state index contributed by atoms with van der Waals surface area (Å²) >= 11 is 0. The highest BCUT2D eigenvalue weighted by atomic mass is 16.2. The van der Waals surface area contributed by atoms with E-state index in [0.29, 0.717) is 6.54 Å². The summed E-state index contributed by atoms with van der Waals surface area (Å²) < 4.78 is 0. The summed E-state index contributed by atoms with van der Waals surface area (Å²) in [5.74, 6) is -0.0796. The van der Waals surface area contributed by atoms with E-state index in [9.17, 15) is 9.59 Å². The summed E-state index contributed by atoms with van der Waals surface area (Å²) in [6.45, 7) is 6.02. The van der Waals surface area contributed by atoms with Gasteiger partial charge in [-0.25, -0.2) is 0 Å². The van der Waals surface area contributed by atoms with Crippen LogP contribution < -0.4 is 14.7 Å². The molecule has 0 saturated carbocycles. The minimum Gasteiger partial charge on any atom is -0.369 e. The zero-order chi connectivity index (χ0) is 20.8. The summed E-state index contributed by atoms with van der Waals surface area (Å²) in [6.07, 6.45) is 0.269. The maximum Gasteiger partial charge on any atom is 0.228 e. The molecule has 6 nitrogen and oxygen atoms in total. The van der Waals surface area contributed by atoms with Crippen LogP contribution in [0.2, 0.25) is 0 Å². The molecule has 29 heavy (non-hydrogen) atoms. The van der Waals surface area contributed by atoms with Crippen molar-refractivity contribution in [2.75, 3.05) is 61.5 Å². The Morgan fingerprint density at radius 3 is 2.10 bits per heavy atom. The summed E-state index contributed by atoms with van der Waals surface area (Å²) in [4.78, 5) is 32.8. The fourth-order valence-corrected chi connectivity index (χ4v) is 3.55. The monoisotopic (exact) mass is 394 g/mol. The zero-order valence-corrected chi connectivity index (χ0v) is 17.5. The second-order valence-corrected chi connectivity index (χ2v) is 7.52. The number of benzene rings is 2. The van der Waals surface area contributed by atoms with Crippen molar-refractivity contribution >= 4 is 28.9 Å². The van der Waals surface area contributed by atoms with Crippen molar-refractivity contribution in [2.45, 2.75) is 13.3 Å². The number of rotatable bonds is 6. The SMILES string of the molecule is CC(=O)N(CCC(=O)N(C)c1ccccc1)c1ccc(N2CCN(C)CC2)cc1. The molecule has 1 fully saturated rings. The molecule has 0 bridgehead atoms. The molecule has 6 heteroatoms. The smallest absolute Gasteiger partial charge is 0.228 e. The van der Waals surface area contributed by atoms with Crippen LogP contribution in [0.1, 0.15) is 13.3 Å². The number of nitrogens with zero attached hydrogens (tertiary/aromatic N) is 4. The van der Waals surface area contributed by atoms with E-state index in [1.807, 2.05) is 42.5 Å². The Bertz CT molecular complexity index is 815. The number of likely N-dealkylation sites (N-methyl/N-ethyl adjacent to an activating group) is 1. The van der Waals surface area contributed by atoms with Crippen molar-refractivity contribution < 1.29 is 9.59 Å². The van der Waals surface area contributed by atoms with E-state index in [4.69, 9.17) is 0 Å². The lowest BCUT2D eigenvalue weighted by atomic mass is 10.2. The third kappa shape index (κ3) is 5.35. The number of para-hydroxylation sites is 1.